The lowest BCUT2D eigenvalue weighted by Crippen LogP contribution is -2.09. The number of benzene rings is 2. The van der Waals surface area contributed by atoms with E-state index in [9.17, 15) is 17.6 Å². The van der Waals surface area contributed by atoms with Gasteiger partial charge in [-0.1, -0.05) is 24.3 Å². The molecule has 0 atom stereocenters. The van der Waals surface area contributed by atoms with E-state index in [1.165, 1.54) is 24.3 Å². The molecule has 0 bridgehead atoms. The van der Waals surface area contributed by atoms with Crippen LogP contribution in [0.2, 0.25) is 0 Å². The van der Waals surface area contributed by atoms with Gasteiger partial charge in [-0.15, -0.1) is 0 Å². The smallest absolute Gasteiger partial charge is 0.207 e. The molecule has 0 unspecified atom stereocenters. The van der Waals surface area contributed by atoms with Crippen molar-refractivity contribution < 1.29 is 17.6 Å². The SMILES string of the molecule is N#CCc1cccc(C(F)(F)F)c1-c1cccc(F)c1. The van der Waals surface area contributed by atoms with Crippen LogP contribution in [0.4, 0.5) is 17.6 Å². The van der Waals surface area contributed by atoms with Gasteiger partial charge in [0.1, 0.15) is 5.82 Å². The Morgan fingerprint density at radius 3 is 2.35 bits per heavy atom. The van der Waals surface area contributed by atoms with E-state index < -0.39 is 17.6 Å². The summed E-state index contributed by atoms with van der Waals surface area (Å²) in [6.07, 6.45) is -4.73. The van der Waals surface area contributed by atoms with Crippen molar-refractivity contribution in [1.82, 2.24) is 0 Å². The lowest BCUT2D eigenvalue weighted by atomic mass is 9.92. The second-order valence-electron chi connectivity index (χ2n) is 4.18. The second kappa shape index (κ2) is 5.33. The van der Waals surface area contributed by atoms with Crippen molar-refractivity contribution in [2.24, 2.45) is 0 Å². The number of nitriles is 1. The quantitative estimate of drug-likeness (QED) is 0.738. The van der Waals surface area contributed by atoms with Gasteiger partial charge >= 0.3 is 6.18 Å². The Kier molecular flexibility index (Phi) is 3.75. The molecule has 0 aromatic heterocycles. The molecule has 1 nitrogen and oxygen atoms in total. The van der Waals surface area contributed by atoms with Crippen LogP contribution < -0.4 is 0 Å². The van der Waals surface area contributed by atoms with Gasteiger partial charge in [-0.2, -0.15) is 18.4 Å². The topological polar surface area (TPSA) is 23.8 Å². The molecule has 0 aliphatic heterocycles. The van der Waals surface area contributed by atoms with Gasteiger partial charge < -0.3 is 0 Å². The average Bonchev–Trinajstić information content (AvgIpc) is 2.38. The highest BCUT2D eigenvalue weighted by Gasteiger charge is 2.34. The maximum atomic E-state index is 13.3. The van der Waals surface area contributed by atoms with Crippen LogP contribution in [0.15, 0.2) is 42.5 Å². The van der Waals surface area contributed by atoms with Gasteiger partial charge in [-0.3, -0.25) is 0 Å². The third-order valence-electron chi connectivity index (χ3n) is 2.84. The monoisotopic (exact) mass is 279 g/mol. The molecule has 20 heavy (non-hydrogen) atoms. The molecule has 0 saturated carbocycles. The normalized spacial score (nSPS) is 11.2. The number of nitrogens with zero attached hydrogens (tertiary/aromatic N) is 1. The summed E-state index contributed by atoms with van der Waals surface area (Å²) in [5.41, 5.74) is -0.659. The van der Waals surface area contributed by atoms with Crippen molar-refractivity contribution in [1.29, 1.82) is 5.26 Å². The van der Waals surface area contributed by atoms with Crippen LogP contribution in [0.25, 0.3) is 11.1 Å². The molecule has 0 N–H and O–H groups in total. The summed E-state index contributed by atoms with van der Waals surface area (Å²) < 4.78 is 52.5. The van der Waals surface area contributed by atoms with Crippen molar-refractivity contribution in [3.05, 3.63) is 59.4 Å². The van der Waals surface area contributed by atoms with Crippen LogP contribution in [0, 0.1) is 17.1 Å². The Balaban J connectivity index is 2.74. The number of hydrogen-bond acceptors (Lipinski definition) is 1. The standard InChI is InChI=1S/C15H9F4N/c16-12-5-1-4-11(9-12)14-10(7-8-20)3-2-6-13(14)15(17,18)19/h1-6,9H,7H2. The maximum absolute atomic E-state index is 13.3. The van der Waals surface area contributed by atoms with Crippen molar-refractivity contribution in [3.8, 4) is 17.2 Å². The summed E-state index contributed by atoms with van der Waals surface area (Å²) in [5.74, 6) is -0.623. The average molecular weight is 279 g/mol. The fraction of sp³-hybridized carbons (Fsp3) is 0.133. The van der Waals surface area contributed by atoms with Gasteiger partial charge in [-0.05, 0) is 34.9 Å². The molecule has 2 aromatic carbocycles. The molecule has 5 heteroatoms. The molecular weight excluding hydrogens is 270 g/mol. The van der Waals surface area contributed by atoms with E-state index in [0.717, 1.165) is 18.2 Å². The number of hydrogen-bond donors (Lipinski definition) is 0. The zero-order valence-corrected chi connectivity index (χ0v) is 10.2. The van der Waals surface area contributed by atoms with Gasteiger partial charge in [0.25, 0.3) is 0 Å². The van der Waals surface area contributed by atoms with Crippen LogP contribution in [0.3, 0.4) is 0 Å². The van der Waals surface area contributed by atoms with E-state index in [2.05, 4.69) is 0 Å². The van der Waals surface area contributed by atoms with Crippen molar-refractivity contribution in [2.75, 3.05) is 0 Å². The molecule has 0 radical (unpaired) electrons. The van der Waals surface area contributed by atoms with Gasteiger partial charge in [-0.25, -0.2) is 4.39 Å². The Morgan fingerprint density at radius 2 is 1.75 bits per heavy atom. The molecule has 102 valence electrons. The third kappa shape index (κ3) is 2.80. The molecule has 0 fully saturated rings. The Labute approximate surface area is 113 Å². The summed E-state index contributed by atoms with van der Waals surface area (Å²) in [4.78, 5) is 0. The Morgan fingerprint density at radius 1 is 1.05 bits per heavy atom. The van der Waals surface area contributed by atoms with E-state index >= 15 is 0 Å². The van der Waals surface area contributed by atoms with Gasteiger partial charge in [0.2, 0.25) is 0 Å². The predicted octanol–water partition coefficient (Wildman–Crippen LogP) is 4.58. The molecule has 0 spiro atoms. The summed E-state index contributed by atoms with van der Waals surface area (Å²) in [7, 11) is 0. The summed E-state index contributed by atoms with van der Waals surface area (Å²) in [5, 5.41) is 8.73. The first kappa shape index (κ1) is 14.1. The van der Waals surface area contributed by atoms with Crippen LogP contribution >= 0.6 is 0 Å². The number of halogens is 4. The van der Waals surface area contributed by atoms with Crippen LogP contribution in [0.5, 0.6) is 0 Å². The highest BCUT2D eigenvalue weighted by atomic mass is 19.4. The zero-order valence-electron chi connectivity index (χ0n) is 10.2. The minimum absolute atomic E-state index is 0.114. The van der Waals surface area contributed by atoms with Crippen molar-refractivity contribution in [2.45, 2.75) is 12.6 Å². The molecule has 0 saturated heterocycles. The molecule has 2 rings (SSSR count). The van der Waals surface area contributed by atoms with Gasteiger partial charge in [0.15, 0.2) is 0 Å². The Hall–Kier alpha value is -2.35. The summed E-state index contributed by atoms with van der Waals surface area (Å²) >= 11 is 0. The van der Waals surface area contributed by atoms with Crippen LogP contribution in [-0.4, -0.2) is 0 Å². The molecule has 0 amide bonds. The highest BCUT2D eigenvalue weighted by molar-refractivity contribution is 5.72. The van der Waals surface area contributed by atoms with Gasteiger partial charge in [0.05, 0.1) is 18.1 Å². The van der Waals surface area contributed by atoms with Crippen molar-refractivity contribution in [3.63, 3.8) is 0 Å². The largest absolute Gasteiger partial charge is 0.417 e. The highest BCUT2D eigenvalue weighted by Crippen LogP contribution is 2.39. The lowest BCUT2D eigenvalue weighted by molar-refractivity contribution is -0.137. The molecule has 0 aliphatic carbocycles. The fourth-order valence-corrected chi connectivity index (χ4v) is 2.05. The maximum Gasteiger partial charge on any atom is 0.417 e. The van der Waals surface area contributed by atoms with E-state index in [4.69, 9.17) is 5.26 Å². The number of rotatable bonds is 2. The van der Waals surface area contributed by atoms with Crippen molar-refractivity contribution >= 4 is 0 Å². The third-order valence-corrected chi connectivity index (χ3v) is 2.84. The molecular formula is C15H9F4N. The number of alkyl halides is 3. The lowest BCUT2D eigenvalue weighted by Gasteiger charge is -2.16. The first-order valence-electron chi connectivity index (χ1n) is 5.75. The minimum Gasteiger partial charge on any atom is -0.207 e. The zero-order chi connectivity index (χ0) is 14.8. The summed E-state index contributed by atoms with van der Waals surface area (Å²) in [6.45, 7) is 0. The van der Waals surface area contributed by atoms with Crippen LogP contribution in [-0.2, 0) is 12.6 Å². The predicted molar refractivity (Wildman–Crippen MR) is 66.2 cm³/mol. The second-order valence-corrected chi connectivity index (χ2v) is 4.18. The first-order valence-corrected chi connectivity index (χ1v) is 5.75. The molecule has 0 aliphatic rings. The summed E-state index contributed by atoms with van der Waals surface area (Å²) in [6, 6.07) is 10.4. The van der Waals surface area contributed by atoms with Gasteiger partial charge in [0, 0.05) is 0 Å². The first-order chi connectivity index (χ1) is 9.43. The Bertz CT molecular complexity index is 668. The minimum atomic E-state index is -4.56. The van der Waals surface area contributed by atoms with E-state index in [1.807, 2.05) is 6.07 Å². The molecule has 0 heterocycles. The van der Waals surface area contributed by atoms with Crippen LogP contribution in [0.1, 0.15) is 11.1 Å². The fourth-order valence-electron chi connectivity index (χ4n) is 2.05. The van der Waals surface area contributed by atoms with E-state index in [-0.39, 0.29) is 23.1 Å². The van der Waals surface area contributed by atoms with E-state index in [1.54, 1.807) is 0 Å². The molecule has 2 aromatic rings. The van der Waals surface area contributed by atoms with E-state index in [0.29, 0.717) is 0 Å².